The van der Waals surface area contributed by atoms with Crippen LogP contribution >= 0.6 is 0 Å². The molecule has 1 heterocycles. The first kappa shape index (κ1) is 10.2. The lowest BCUT2D eigenvalue weighted by molar-refractivity contribution is 0.807. The maximum atomic E-state index is 4.75. The minimum absolute atomic E-state index is 0.504. The van der Waals surface area contributed by atoms with Gasteiger partial charge in [-0.05, 0) is 30.0 Å². The Morgan fingerprint density at radius 2 is 1.93 bits per heavy atom. The Balaban J connectivity index is 2.69. The van der Waals surface area contributed by atoms with Crippen LogP contribution in [0.1, 0.15) is 37.9 Å². The van der Waals surface area contributed by atoms with E-state index < -0.39 is 0 Å². The van der Waals surface area contributed by atoms with E-state index >= 15 is 0 Å². The van der Waals surface area contributed by atoms with E-state index in [1.165, 1.54) is 16.6 Å². The molecule has 0 aliphatic rings. The summed E-state index contributed by atoms with van der Waals surface area (Å²) in [6, 6.07) is 10.6. The number of benzene rings is 1. The van der Waals surface area contributed by atoms with Gasteiger partial charge in [0.25, 0.3) is 0 Å². The van der Waals surface area contributed by atoms with Crippen LogP contribution in [0.3, 0.4) is 0 Å². The Labute approximate surface area is 91.2 Å². The smallest absolute Gasteiger partial charge is 0.0705 e. The standard InChI is InChI=1S/C14H17N/c1-4-11-9-12-7-5-6-8-13(12)15-14(11)10(2)3/h5-10H,4H2,1-3H3. The molecule has 2 aromatic rings. The molecule has 0 bridgehead atoms. The van der Waals surface area contributed by atoms with Gasteiger partial charge in [0.2, 0.25) is 0 Å². The highest BCUT2D eigenvalue weighted by molar-refractivity contribution is 5.79. The van der Waals surface area contributed by atoms with Crippen LogP contribution in [0.25, 0.3) is 10.9 Å². The molecule has 0 amide bonds. The molecular formula is C14H17N. The molecular weight excluding hydrogens is 182 g/mol. The zero-order valence-electron chi connectivity index (χ0n) is 9.62. The fourth-order valence-corrected chi connectivity index (χ4v) is 1.96. The first-order chi connectivity index (χ1) is 7.22. The average Bonchev–Trinajstić information content (AvgIpc) is 2.27. The first-order valence-corrected chi connectivity index (χ1v) is 5.61. The third-order valence-electron chi connectivity index (χ3n) is 2.76. The predicted octanol–water partition coefficient (Wildman–Crippen LogP) is 3.92. The van der Waals surface area contributed by atoms with Crippen LogP contribution in [-0.4, -0.2) is 4.98 Å². The van der Waals surface area contributed by atoms with Crippen LogP contribution in [0.15, 0.2) is 30.3 Å². The van der Waals surface area contributed by atoms with Crippen molar-refractivity contribution in [2.24, 2.45) is 0 Å². The van der Waals surface area contributed by atoms with Gasteiger partial charge in [-0.1, -0.05) is 39.0 Å². The molecule has 2 rings (SSSR count). The van der Waals surface area contributed by atoms with Crippen LogP contribution < -0.4 is 0 Å². The molecule has 0 aliphatic carbocycles. The number of fused-ring (bicyclic) bond motifs is 1. The number of para-hydroxylation sites is 1. The van der Waals surface area contributed by atoms with E-state index in [4.69, 9.17) is 4.98 Å². The minimum atomic E-state index is 0.504. The van der Waals surface area contributed by atoms with E-state index in [1.54, 1.807) is 0 Å². The zero-order valence-corrected chi connectivity index (χ0v) is 9.62. The van der Waals surface area contributed by atoms with E-state index in [2.05, 4.69) is 45.0 Å². The summed E-state index contributed by atoms with van der Waals surface area (Å²) in [6.07, 6.45) is 1.06. The number of aromatic nitrogens is 1. The fourth-order valence-electron chi connectivity index (χ4n) is 1.96. The van der Waals surface area contributed by atoms with Crippen LogP contribution in [-0.2, 0) is 6.42 Å². The first-order valence-electron chi connectivity index (χ1n) is 5.61. The van der Waals surface area contributed by atoms with Crippen molar-refractivity contribution < 1.29 is 0 Å². The maximum absolute atomic E-state index is 4.75. The van der Waals surface area contributed by atoms with Gasteiger partial charge >= 0.3 is 0 Å². The molecule has 1 nitrogen and oxygen atoms in total. The van der Waals surface area contributed by atoms with Crippen molar-refractivity contribution in [3.8, 4) is 0 Å². The second-order valence-electron chi connectivity index (χ2n) is 4.23. The molecule has 0 atom stereocenters. The van der Waals surface area contributed by atoms with Crippen LogP contribution in [0.4, 0.5) is 0 Å². The van der Waals surface area contributed by atoms with Gasteiger partial charge in [-0.25, -0.2) is 0 Å². The Kier molecular flexibility index (Phi) is 2.72. The van der Waals surface area contributed by atoms with Gasteiger partial charge in [0.05, 0.1) is 5.52 Å². The van der Waals surface area contributed by atoms with Crippen LogP contribution in [0.2, 0.25) is 0 Å². The lowest BCUT2D eigenvalue weighted by Gasteiger charge is -2.11. The number of aryl methyl sites for hydroxylation is 1. The summed E-state index contributed by atoms with van der Waals surface area (Å²) < 4.78 is 0. The quantitative estimate of drug-likeness (QED) is 0.714. The van der Waals surface area contributed by atoms with Gasteiger partial charge in [0.15, 0.2) is 0 Å². The third-order valence-corrected chi connectivity index (χ3v) is 2.76. The van der Waals surface area contributed by atoms with E-state index in [1.807, 2.05) is 6.07 Å². The largest absolute Gasteiger partial charge is 0.252 e. The molecule has 0 unspecified atom stereocenters. The minimum Gasteiger partial charge on any atom is -0.252 e. The molecule has 0 radical (unpaired) electrons. The Morgan fingerprint density at radius 3 is 2.60 bits per heavy atom. The molecule has 0 saturated heterocycles. The van der Waals surface area contributed by atoms with E-state index in [9.17, 15) is 0 Å². The summed E-state index contributed by atoms with van der Waals surface area (Å²) in [5.74, 6) is 0.504. The Morgan fingerprint density at radius 1 is 1.20 bits per heavy atom. The monoisotopic (exact) mass is 199 g/mol. The summed E-state index contributed by atoms with van der Waals surface area (Å²) in [5.41, 5.74) is 3.73. The number of rotatable bonds is 2. The molecule has 1 aromatic carbocycles. The second-order valence-corrected chi connectivity index (χ2v) is 4.23. The number of hydrogen-bond acceptors (Lipinski definition) is 1. The summed E-state index contributed by atoms with van der Waals surface area (Å²) in [7, 11) is 0. The summed E-state index contributed by atoms with van der Waals surface area (Å²) in [6.45, 7) is 6.60. The summed E-state index contributed by atoms with van der Waals surface area (Å²) >= 11 is 0. The van der Waals surface area contributed by atoms with Gasteiger partial charge in [-0.2, -0.15) is 0 Å². The SMILES string of the molecule is CCc1cc2ccccc2nc1C(C)C. The maximum Gasteiger partial charge on any atom is 0.0705 e. The van der Waals surface area contributed by atoms with Crippen molar-refractivity contribution >= 4 is 10.9 Å². The highest BCUT2D eigenvalue weighted by Gasteiger charge is 2.08. The second kappa shape index (κ2) is 4.01. The molecule has 78 valence electrons. The Bertz CT molecular complexity index is 472. The van der Waals surface area contributed by atoms with Crippen molar-refractivity contribution in [2.75, 3.05) is 0 Å². The molecule has 0 spiro atoms. The number of pyridine rings is 1. The lowest BCUT2D eigenvalue weighted by Crippen LogP contribution is -1.99. The molecule has 0 N–H and O–H groups in total. The molecule has 1 heteroatoms. The van der Waals surface area contributed by atoms with Crippen molar-refractivity contribution in [3.63, 3.8) is 0 Å². The average molecular weight is 199 g/mol. The molecule has 15 heavy (non-hydrogen) atoms. The highest BCUT2D eigenvalue weighted by Crippen LogP contribution is 2.22. The lowest BCUT2D eigenvalue weighted by atomic mass is 10.00. The fraction of sp³-hybridized carbons (Fsp3) is 0.357. The van der Waals surface area contributed by atoms with Gasteiger partial charge in [-0.15, -0.1) is 0 Å². The van der Waals surface area contributed by atoms with E-state index in [0.717, 1.165) is 11.9 Å². The predicted molar refractivity (Wildman–Crippen MR) is 65.2 cm³/mol. The summed E-state index contributed by atoms with van der Waals surface area (Å²) in [4.78, 5) is 4.75. The number of nitrogens with zero attached hydrogens (tertiary/aromatic N) is 1. The van der Waals surface area contributed by atoms with Gasteiger partial charge in [-0.3, -0.25) is 4.98 Å². The van der Waals surface area contributed by atoms with Crippen molar-refractivity contribution in [2.45, 2.75) is 33.1 Å². The zero-order chi connectivity index (χ0) is 10.8. The topological polar surface area (TPSA) is 12.9 Å². The highest BCUT2D eigenvalue weighted by atomic mass is 14.7. The molecule has 0 fully saturated rings. The summed E-state index contributed by atoms with van der Waals surface area (Å²) in [5, 5.41) is 1.25. The van der Waals surface area contributed by atoms with Crippen LogP contribution in [0.5, 0.6) is 0 Å². The van der Waals surface area contributed by atoms with Crippen molar-refractivity contribution in [1.82, 2.24) is 4.98 Å². The van der Waals surface area contributed by atoms with Crippen molar-refractivity contribution in [1.29, 1.82) is 0 Å². The third kappa shape index (κ3) is 1.87. The van der Waals surface area contributed by atoms with E-state index in [-0.39, 0.29) is 0 Å². The van der Waals surface area contributed by atoms with Crippen molar-refractivity contribution in [3.05, 3.63) is 41.6 Å². The van der Waals surface area contributed by atoms with Gasteiger partial charge in [0.1, 0.15) is 0 Å². The van der Waals surface area contributed by atoms with Crippen LogP contribution in [0, 0.1) is 0 Å². The molecule has 0 aliphatic heterocycles. The normalized spacial score (nSPS) is 11.2. The Hall–Kier alpha value is -1.37. The van der Waals surface area contributed by atoms with Gasteiger partial charge < -0.3 is 0 Å². The van der Waals surface area contributed by atoms with Gasteiger partial charge in [0, 0.05) is 11.1 Å². The molecule has 0 saturated carbocycles. The number of hydrogen-bond donors (Lipinski definition) is 0. The molecule has 1 aromatic heterocycles. The van der Waals surface area contributed by atoms with E-state index in [0.29, 0.717) is 5.92 Å².